The Hall–Kier alpha value is -3.34. The SMILES string of the molecule is COc1cc(C=NNCc2ccccc2)ccc1OCc1ccccc1F. The molecule has 0 aromatic heterocycles. The van der Waals surface area contributed by atoms with E-state index in [0.29, 0.717) is 23.6 Å². The standard InChI is InChI=1S/C22H21FN2O2/c1-26-22-13-18(15-25-24-14-17-7-3-2-4-8-17)11-12-21(22)27-16-19-9-5-6-10-20(19)23/h2-13,15,24H,14,16H2,1H3. The van der Waals surface area contributed by atoms with Crippen LogP contribution in [0.25, 0.3) is 0 Å². The molecule has 0 aliphatic rings. The molecule has 3 aromatic rings. The van der Waals surface area contributed by atoms with Crippen LogP contribution in [0.1, 0.15) is 16.7 Å². The molecule has 1 N–H and O–H groups in total. The fraction of sp³-hybridized carbons (Fsp3) is 0.136. The van der Waals surface area contributed by atoms with Gasteiger partial charge in [0.15, 0.2) is 11.5 Å². The number of hydrazone groups is 1. The first-order chi connectivity index (χ1) is 13.3. The normalized spacial score (nSPS) is 10.7. The van der Waals surface area contributed by atoms with Gasteiger partial charge in [-0.3, -0.25) is 0 Å². The highest BCUT2D eigenvalue weighted by atomic mass is 19.1. The summed E-state index contributed by atoms with van der Waals surface area (Å²) in [6, 6.07) is 22.1. The third-order valence-electron chi connectivity index (χ3n) is 3.96. The van der Waals surface area contributed by atoms with Crippen molar-refractivity contribution in [3.05, 3.63) is 95.3 Å². The van der Waals surface area contributed by atoms with E-state index in [-0.39, 0.29) is 12.4 Å². The molecule has 3 aromatic carbocycles. The fourth-order valence-electron chi connectivity index (χ4n) is 2.51. The van der Waals surface area contributed by atoms with Crippen LogP contribution in [0.2, 0.25) is 0 Å². The average molecular weight is 364 g/mol. The number of methoxy groups -OCH3 is 1. The summed E-state index contributed by atoms with van der Waals surface area (Å²) in [4.78, 5) is 0. The Bertz CT molecular complexity index is 898. The molecule has 0 bridgehead atoms. The Kier molecular flexibility index (Phi) is 6.41. The Labute approximate surface area is 158 Å². The van der Waals surface area contributed by atoms with Gasteiger partial charge < -0.3 is 14.9 Å². The van der Waals surface area contributed by atoms with Gasteiger partial charge in [-0.1, -0.05) is 48.5 Å². The maximum Gasteiger partial charge on any atom is 0.161 e. The molecule has 0 saturated heterocycles. The van der Waals surface area contributed by atoms with Crippen molar-refractivity contribution in [2.75, 3.05) is 7.11 Å². The summed E-state index contributed by atoms with van der Waals surface area (Å²) in [5.74, 6) is 0.832. The summed E-state index contributed by atoms with van der Waals surface area (Å²) < 4.78 is 24.8. The van der Waals surface area contributed by atoms with Crippen LogP contribution in [0.4, 0.5) is 4.39 Å². The van der Waals surface area contributed by atoms with Gasteiger partial charge in [-0.15, -0.1) is 0 Å². The smallest absolute Gasteiger partial charge is 0.161 e. The maximum atomic E-state index is 13.7. The topological polar surface area (TPSA) is 42.8 Å². The van der Waals surface area contributed by atoms with E-state index in [4.69, 9.17) is 9.47 Å². The van der Waals surface area contributed by atoms with Gasteiger partial charge in [-0.25, -0.2) is 4.39 Å². The molecule has 0 saturated carbocycles. The summed E-state index contributed by atoms with van der Waals surface area (Å²) >= 11 is 0. The highest BCUT2D eigenvalue weighted by Gasteiger charge is 2.07. The number of nitrogens with zero attached hydrogens (tertiary/aromatic N) is 1. The maximum absolute atomic E-state index is 13.7. The van der Waals surface area contributed by atoms with Crippen molar-refractivity contribution in [3.8, 4) is 11.5 Å². The van der Waals surface area contributed by atoms with Crippen molar-refractivity contribution in [2.45, 2.75) is 13.2 Å². The molecule has 3 rings (SSSR count). The largest absolute Gasteiger partial charge is 0.493 e. The van der Waals surface area contributed by atoms with Crippen molar-refractivity contribution in [1.82, 2.24) is 5.43 Å². The highest BCUT2D eigenvalue weighted by Crippen LogP contribution is 2.28. The Morgan fingerprint density at radius 1 is 0.963 bits per heavy atom. The zero-order valence-electron chi connectivity index (χ0n) is 15.1. The molecular formula is C22H21FN2O2. The molecule has 0 atom stereocenters. The van der Waals surface area contributed by atoms with E-state index in [9.17, 15) is 4.39 Å². The molecule has 5 heteroatoms. The van der Waals surface area contributed by atoms with E-state index in [1.807, 2.05) is 42.5 Å². The van der Waals surface area contributed by atoms with Gasteiger partial charge in [0.1, 0.15) is 12.4 Å². The number of benzene rings is 3. The van der Waals surface area contributed by atoms with E-state index in [1.165, 1.54) is 6.07 Å². The number of nitrogens with one attached hydrogen (secondary N) is 1. The number of rotatable bonds is 8. The number of hydrogen-bond donors (Lipinski definition) is 1. The van der Waals surface area contributed by atoms with Gasteiger partial charge in [0.25, 0.3) is 0 Å². The monoisotopic (exact) mass is 364 g/mol. The molecule has 0 amide bonds. The molecule has 0 aliphatic heterocycles. The summed E-state index contributed by atoms with van der Waals surface area (Å²) in [5.41, 5.74) is 5.53. The minimum absolute atomic E-state index is 0.134. The van der Waals surface area contributed by atoms with Crippen LogP contribution in [0.5, 0.6) is 11.5 Å². The van der Waals surface area contributed by atoms with Crippen molar-refractivity contribution < 1.29 is 13.9 Å². The quantitative estimate of drug-likeness (QED) is 0.471. The van der Waals surface area contributed by atoms with Crippen LogP contribution < -0.4 is 14.9 Å². The second-order valence-electron chi connectivity index (χ2n) is 5.87. The molecule has 0 unspecified atom stereocenters. The first-order valence-electron chi connectivity index (χ1n) is 8.60. The van der Waals surface area contributed by atoms with E-state index < -0.39 is 0 Å². The summed E-state index contributed by atoms with van der Waals surface area (Å²) in [5, 5.41) is 4.23. The van der Waals surface area contributed by atoms with Gasteiger partial charge in [0.05, 0.1) is 19.9 Å². The van der Waals surface area contributed by atoms with Gasteiger partial charge in [-0.2, -0.15) is 5.10 Å². The predicted molar refractivity (Wildman–Crippen MR) is 105 cm³/mol. The zero-order chi connectivity index (χ0) is 18.9. The molecular weight excluding hydrogens is 343 g/mol. The van der Waals surface area contributed by atoms with Crippen LogP contribution >= 0.6 is 0 Å². The van der Waals surface area contributed by atoms with Gasteiger partial charge in [0, 0.05) is 5.56 Å². The fourth-order valence-corrected chi connectivity index (χ4v) is 2.51. The van der Waals surface area contributed by atoms with Crippen LogP contribution in [0.15, 0.2) is 77.9 Å². The predicted octanol–water partition coefficient (Wildman–Crippen LogP) is 4.54. The lowest BCUT2D eigenvalue weighted by molar-refractivity contribution is 0.279. The minimum Gasteiger partial charge on any atom is -0.493 e. The van der Waals surface area contributed by atoms with Crippen LogP contribution in [0, 0.1) is 5.82 Å². The van der Waals surface area contributed by atoms with Crippen LogP contribution in [-0.4, -0.2) is 13.3 Å². The molecule has 27 heavy (non-hydrogen) atoms. The molecule has 0 radical (unpaired) electrons. The number of halogens is 1. The summed E-state index contributed by atoms with van der Waals surface area (Å²) in [6.45, 7) is 0.785. The Morgan fingerprint density at radius 3 is 2.52 bits per heavy atom. The molecule has 0 fully saturated rings. The van der Waals surface area contributed by atoms with E-state index in [0.717, 1.165) is 11.1 Å². The lowest BCUT2D eigenvalue weighted by Gasteiger charge is -2.11. The third kappa shape index (κ3) is 5.31. The lowest BCUT2D eigenvalue weighted by Crippen LogP contribution is -2.05. The zero-order valence-corrected chi connectivity index (χ0v) is 15.1. The van der Waals surface area contributed by atoms with Gasteiger partial charge in [-0.05, 0) is 35.4 Å². The van der Waals surface area contributed by atoms with Gasteiger partial charge >= 0.3 is 0 Å². The molecule has 0 aliphatic carbocycles. The third-order valence-corrected chi connectivity index (χ3v) is 3.96. The molecule has 4 nitrogen and oxygen atoms in total. The van der Waals surface area contributed by atoms with Gasteiger partial charge in [0.2, 0.25) is 0 Å². The first-order valence-corrected chi connectivity index (χ1v) is 8.60. The molecule has 138 valence electrons. The molecule has 0 heterocycles. The van der Waals surface area contributed by atoms with Crippen molar-refractivity contribution in [2.24, 2.45) is 5.10 Å². The molecule has 0 spiro atoms. The van der Waals surface area contributed by atoms with E-state index >= 15 is 0 Å². The van der Waals surface area contributed by atoms with Crippen LogP contribution in [0.3, 0.4) is 0 Å². The Balaban J connectivity index is 1.60. The average Bonchev–Trinajstić information content (AvgIpc) is 2.72. The summed E-state index contributed by atoms with van der Waals surface area (Å²) in [7, 11) is 1.57. The van der Waals surface area contributed by atoms with Crippen molar-refractivity contribution in [3.63, 3.8) is 0 Å². The number of hydrogen-bond acceptors (Lipinski definition) is 4. The second kappa shape index (κ2) is 9.38. The van der Waals surface area contributed by atoms with E-state index in [2.05, 4.69) is 10.5 Å². The summed E-state index contributed by atoms with van der Waals surface area (Å²) in [6.07, 6.45) is 1.71. The van der Waals surface area contributed by atoms with Crippen molar-refractivity contribution >= 4 is 6.21 Å². The second-order valence-corrected chi connectivity index (χ2v) is 5.87. The minimum atomic E-state index is -0.287. The number of ether oxygens (including phenoxy) is 2. The van der Waals surface area contributed by atoms with E-state index in [1.54, 1.807) is 37.6 Å². The van der Waals surface area contributed by atoms with Crippen molar-refractivity contribution in [1.29, 1.82) is 0 Å². The first kappa shape index (κ1) is 18.5. The Morgan fingerprint density at radius 2 is 1.74 bits per heavy atom. The lowest BCUT2D eigenvalue weighted by atomic mass is 10.2. The highest BCUT2D eigenvalue weighted by molar-refractivity contribution is 5.80. The van der Waals surface area contributed by atoms with Crippen LogP contribution in [-0.2, 0) is 13.2 Å².